The molecule has 2 bridgehead atoms. The van der Waals surface area contributed by atoms with E-state index >= 15 is 0 Å². The standard InChI is InChI=1S/C9H16O/c1-7(10)9-4-2-8(6-9)3-5-9/h7-8,10H,2-6H2,1H3/t7-,8?,9?/m1/s1. The summed E-state index contributed by atoms with van der Waals surface area (Å²) in [5, 5.41) is 9.53. The van der Waals surface area contributed by atoms with E-state index in [0.29, 0.717) is 5.41 Å². The Balaban J connectivity index is 2.15. The molecule has 0 aromatic rings. The van der Waals surface area contributed by atoms with Crippen LogP contribution < -0.4 is 0 Å². The lowest BCUT2D eigenvalue weighted by molar-refractivity contribution is 0.0462. The van der Waals surface area contributed by atoms with E-state index in [1.807, 2.05) is 6.92 Å². The van der Waals surface area contributed by atoms with Crippen LogP contribution in [-0.2, 0) is 0 Å². The molecule has 0 aromatic carbocycles. The minimum atomic E-state index is -0.0556. The van der Waals surface area contributed by atoms with Crippen LogP contribution in [-0.4, -0.2) is 11.2 Å². The minimum absolute atomic E-state index is 0.0556. The van der Waals surface area contributed by atoms with Crippen LogP contribution in [0.4, 0.5) is 0 Å². The van der Waals surface area contributed by atoms with Crippen LogP contribution in [0.5, 0.6) is 0 Å². The molecule has 2 fully saturated rings. The molecule has 0 heterocycles. The molecular weight excluding hydrogens is 124 g/mol. The number of fused-ring (bicyclic) bond motifs is 2. The fraction of sp³-hybridized carbons (Fsp3) is 1.00. The van der Waals surface area contributed by atoms with E-state index in [2.05, 4.69) is 0 Å². The maximum absolute atomic E-state index is 9.53. The number of rotatable bonds is 1. The van der Waals surface area contributed by atoms with Crippen molar-refractivity contribution in [2.75, 3.05) is 0 Å². The summed E-state index contributed by atoms with van der Waals surface area (Å²) < 4.78 is 0. The van der Waals surface area contributed by atoms with Gasteiger partial charge in [0, 0.05) is 0 Å². The highest BCUT2D eigenvalue weighted by Crippen LogP contribution is 2.55. The summed E-state index contributed by atoms with van der Waals surface area (Å²) in [4.78, 5) is 0. The third kappa shape index (κ3) is 0.731. The van der Waals surface area contributed by atoms with Crippen molar-refractivity contribution in [1.82, 2.24) is 0 Å². The number of aliphatic hydroxyl groups excluding tert-OH is 1. The number of hydrogen-bond acceptors (Lipinski definition) is 1. The Bertz CT molecular complexity index is 132. The van der Waals surface area contributed by atoms with Gasteiger partial charge in [0.2, 0.25) is 0 Å². The Morgan fingerprint density at radius 2 is 2.00 bits per heavy atom. The lowest BCUT2D eigenvalue weighted by Gasteiger charge is -2.29. The van der Waals surface area contributed by atoms with Gasteiger partial charge in [-0.1, -0.05) is 0 Å². The predicted molar refractivity (Wildman–Crippen MR) is 40.7 cm³/mol. The molecule has 1 heteroatoms. The Morgan fingerprint density at radius 1 is 1.40 bits per heavy atom. The Kier molecular flexibility index (Phi) is 1.31. The molecule has 0 amide bonds. The van der Waals surface area contributed by atoms with Crippen molar-refractivity contribution < 1.29 is 5.11 Å². The summed E-state index contributed by atoms with van der Waals surface area (Å²) in [6, 6.07) is 0. The summed E-state index contributed by atoms with van der Waals surface area (Å²) in [5.74, 6) is 0.967. The molecule has 0 spiro atoms. The molecule has 0 unspecified atom stereocenters. The van der Waals surface area contributed by atoms with Crippen molar-refractivity contribution in [2.24, 2.45) is 11.3 Å². The fourth-order valence-electron chi connectivity index (χ4n) is 2.82. The van der Waals surface area contributed by atoms with Gasteiger partial charge in [0.15, 0.2) is 0 Å². The van der Waals surface area contributed by atoms with Crippen LogP contribution in [0.15, 0.2) is 0 Å². The van der Waals surface area contributed by atoms with Crippen LogP contribution in [0.2, 0.25) is 0 Å². The second-order valence-corrected chi connectivity index (χ2v) is 4.19. The number of aliphatic hydroxyl groups is 1. The monoisotopic (exact) mass is 140 g/mol. The van der Waals surface area contributed by atoms with Gasteiger partial charge in [0.25, 0.3) is 0 Å². The van der Waals surface area contributed by atoms with Crippen molar-refractivity contribution in [3.8, 4) is 0 Å². The third-order valence-electron chi connectivity index (χ3n) is 3.68. The molecule has 2 aliphatic rings. The lowest BCUT2D eigenvalue weighted by atomic mass is 9.80. The lowest BCUT2D eigenvalue weighted by Crippen LogP contribution is -2.27. The van der Waals surface area contributed by atoms with Crippen molar-refractivity contribution in [3.63, 3.8) is 0 Å². The van der Waals surface area contributed by atoms with Crippen LogP contribution >= 0.6 is 0 Å². The van der Waals surface area contributed by atoms with Crippen molar-refractivity contribution in [1.29, 1.82) is 0 Å². The van der Waals surface area contributed by atoms with Gasteiger partial charge in [-0.25, -0.2) is 0 Å². The summed E-state index contributed by atoms with van der Waals surface area (Å²) >= 11 is 0. The van der Waals surface area contributed by atoms with Gasteiger partial charge in [0.1, 0.15) is 0 Å². The van der Waals surface area contributed by atoms with E-state index in [1.165, 1.54) is 32.1 Å². The molecule has 2 saturated carbocycles. The molecule has 0 aliphatic heterocycles. The maximum Gasteiger partial charge on any atom is 0.0568 e. The second kappa shape index (κ2) is 1.97. The SMILES string of the molecule is C[C@@H](O)C12CCC(CC1)C2. The first kappa shape index (κ1) is 6.66. The van der Waals surface area contributed by atoms with E-state index in [4.69, 9.17) is 0 Å². The molecular formula is C9H16O. The predicted octanol–water partition coefficient (Wildman–Crippen LogP) is 1.95. The second-order valence-electron chi connectivity index (χ2n) is 4.19. The summed E-state index contributed by atoms with van der Waals surface area (Å²) in [5.41, 5.74) is 0.366. The Hall–Kier alpha value is -0.0400. The first-order valence-corrected chi connectivity index (χ1v) is 4.41. The smallest absolute Gasteiger partial charge is 0.0568 e. The highest BCUT2D eigenvalue weighted by Gasteiger charge is 2.47. The van der Waals surface area contributed by atoms with E-state index in [-0.39, 0.29) is 6.10 Å². The molecule has 1 N–H and O–H groups in total. The van der Waals surface area contributed by atoms with Crippen LogP contribution in [0, 0.1) is 11.3 Å². The third-order valence-corrected chi connectivity index (χ3v) is 3.68. The fourth-order valence-corrected chi connectivity index (χ4v) is 2.82. The molecule has 1 atom stereocenters. The topological polar surface area (TPSA) is 20.2 Å². The molecule has 2 aliphatic carbocycles. The molecule has 0 radical (unpaired) electrons. The zero-order valence-corrected chi connectivity index (χ0v) is 6.64. The van der Waals surface area contributed by atoms with E-state index in [1.54, 1.807) is 0 Å². The van der Waals surface area contributed by atoms with E-state index in [0.717, 1.165) is 5.92 Å². The van der Waals surface area contributed by atoms with Crippen LogP contribution in [0.25, 0.3) is 0 Å². The van der Waals surface area contributed by atoms with Crippen molar-refractivity contribution >= 4 is 0 Å². The summed E-state index contributed by atoms with van der Waals surface area (Å²) in [7, 11) is 0. The maximum atomic E-state index is 9.53. The normalized spacial score (nSPS) is 48.0. The van der Waals surface area contributed by atoms with Gasteiger partial charge in [-0.3, -0.25) is 0 Å². The molecule has 0 aromatic heterocycles. The molecule has 2 rings (SSSR count). The van der Waals surface area contributed by atoms with Crippen LogP contribution in [0.3, 0.4) is 0 Å². The van der Waals surface area contributed by atoms with Crippen molar-refractivity contribution in [3.05, 3.63) is 0 Å². The largest absolute Gasteiger partial charge is 0.393 e. The molecule has 0 saturated heterocycles. The molecule has 1 nitrogen and oxygen atoms in total. The highest BCUT2D eigenvalue weighted by molar-refractivity contribution is 4.98. The minimum Gasteiger partial charge on any atom is -0.393 e. The highest BCUT2D eigenvalue weighted by atomic mass is 16.3. The Morgan fingerprint density at radius 3 is 2.20 bits per heavy atom. The van der Waals surface area contributed by atoms with Crippen molar-refractivity contribution in [2.45, 2.75) is 45.1 Å². The van der Waals surface area contributed by atoms with Gasteiger partial charge in [0.05, 0.1) is 6.10 Å². The van der Waals surface area contributed by atoms with Gasteiger partial charge >= 0.3 is 0 Å². The number of hydrogen-bond donors (Lipinski definition) is 1. The van der Waals surface area contributed by atoms with Gasteiger partial charge in [-0.2, -0.15) is 0 Å². The van der Waals surface area contributed by atoms with Gasteiger partial charge in [-0.05, 0) is 50.4 Å². The van der Waals surface area contributed by atoms with E-state index < -0.39 is 0 Å². The van der Waals surface area contributed by atoms with E-state index in [9.17, 15) is 5.11 Å². The first-order chi connectivity index (χ1) is 4.73. The summed E-state index contributed by atoms with van der Waals surface area (Å²) in [6.07, 6.45) is 6.59. The summed E-state index contributed by atoms with van der Waals surface area (Å²) in [6.45, 7) is 1.97. The van der Waals surface area contributed by atoms with Gasteiger partial charge < -0.3 is 5.11 Å². The van der Waals surface area contributed by atoms with Gasteiger partial charge in [-0.15, -0.1) is 0 Å². The van der Waals surface area contributed by atoms with Crippen LogP contribution in [0.1, 0.15) is 39.0 Å². The Labute approximate surface area is 62.4 Å². The first-order valence-electron chi connectivity index (χ1n) is 4.41. The quantitative estimate of drug-likeness (QED) is 0.590. The average Bonchev–Trinajstić information content (AvgIpc) is 2.45. The molecule has 58 valence electrons. The molecule has 10 heavy (non-hydrogen) atoms. The zero-order valence-electron chi connectivity index (χ0n) is 6.64. The average molecular weight is 140 g/mol. The zero-order chi connectivity index (χ0) is 7.19.